The first-order valence-corrected chi connectivity index (χ1v) is 7.84. The van der Waals surface area contributed by atoms with Crippen molar-refractivity contribution in [1.82, 2.24) is 0 Å². The van der Waals surface area contributed by atoms with Crippen molar-refractivity contribution in [2.75, 3.05) is 11.1 Å². The highest BCUT2D eigenvalue weighted by Crippen LogP contribution is 2.21. The summed E-state index contributed by atoms with van der Waals surface area (Å²) in [6, 6.07) is 10.1. The summed E-state index contributed by atoms with van der Waals surface area (Å²) in [5.74, 6) is -0.784. The molecule has 4 nitrogen and oxygen atoms in total. The van der Waals surface area contributed by atoms with Gasteiger partial charge in [0, 0.05) is 11.4 Å². The molecule has 0 saturated carbocycles. The van der Waals surface area contributed by atoms with Crippen LogP contribution >= 0.6 is 0 Å². The molecule has 0 saturated heterocycles. The fourth-order valence-corrected chi connectivity index (χ4v) is 2.31. The summed E-state index contributed by atoms with van der Waals surface area (Å²) in [6.07, 6.45) is 0.591. The number of halogens is 1. The van der Waals surface area contributed by atoms with E-state index in [9.17, 15) is 14.3 Å². The summed E-state index contributed by atoms with van der Waals surface area (Å²) in [5, 5.41) is 13.1. The Morgan fingerprint density at radius 3 is 2.54 bits per heavy atom. The monoisotopic (exact) mass is 330 g/mol. The van der Waals surface area contributed by atoms with Crippen molar-refractivity contribution in [3.05, 3.63) is 58.9 Å². The van der Waals surface area contributed by atoms with Crippen LogP contribution in [0, 0.1) is 19.7 Å². The molecule has 0 heterocycles. The lowest BCUT2D eigenvalue weighted by molar-refractivity contribution is -0.132. The van der Waals surface area contributed by atoms with E-state index in [1.165, 1.54) is 13.0 Å². The summed E-state index contributed by atoms with van der Waals surface area (Å²) < 4.78 is 13.6. The van der Waals surface area contributed by atoms with Gasteiger partial charge in [-0.15, -0.1) is 0 Å². The van der Waals surface area contributed by atoms with E-state index < -0.39 is 11.5 Å². The summed E-state index contributed by atoms with van der Waals surface area (Å²) in [5.41, 5.74) is 7.57. The van der Waals surface area contributed by atoms with Crippen LogP contribution in [-0.4, -0.2) is 16.6 Å². The number of aryl methyl sites for hydroxylation is 3. The van der Waals surface area contributed by atoms with E-state index >= 15 is 0 Å². The molecule has 0 aromatic heterocycles. The molecule has 0 spiro atoms. The number of nitrogens with two attached hydrogens (primary N) is 1. The van der Waals surface area contributed by atoms with E-state index in [0.717, 1.165) is 11.1 Å². The Hall–Kier alpha value is -2.40. The summed E-state index contributed by atoms with van der Waals surface area (Å²) in [4.78, 5) is 12.3. The number of nitrogen functional groups attached to an aromatic ring is 1. The molecule has 0 unspecified atom stereocenters. The standard InChI is InChI=1S/C19H23FN2O2/c1-12-4-5-14(11-16(12)20)8-9-19(3,24)18(23)22-15-6-7-17(21)13(2)10-15/h4-7,10-11,24H,8-9,21H2,1-3H3,(H,22,23)/t19-/m0/s1. The predicted molar refractivity (Wildman–Crippen MR) is 94.3 cm³/mol. The molecule has 5 heteroatoms. The Bertz CT molecular complexity index is 757. The first kappa shape index (κ1) is 17.9. The molecular formula is C19H23FN2O2. The Morgan fingerprint density at radius 2 is 1.92 bits per heavy atom. The number of amides is 1. The molecule has 0 aliphatic heterocycles. The summed E-state index contributed by atoms with van der Waals surface area (Å²) >= 11 is 0. The minimum Gasteiger partial charge on any atom is -0.399 e. The second-order valence-electron chi connectivity index (χ2n) is 6.38. The molecule has 128 valence electrons. The first-order valence-electron chi connectivity index (χ1n) is 7.84. The fourth-order valence-electron chi connectivity index (χ4n) is 2.31. The van der Waals surface area contributed by atoms with Gasteiger partial charge in [-0.1, -0.05) is 12.1 Å². The summed E-state index contributed by atoms with van der Waals surface area (Å²) in [7, 11) is 0. The Balaban J connectivity index is 2.01. The number of aliphatic hydroxyl groups is 1. The van der Waals surface area contributed by atoms with Gasteiger partial charge in [0.15, 0.2) is 0 Å². The van der Waals surface area contributed by atoms with Gasteiger partial charge in [-0.25, -0.2) is 4.39 Å². The Kier molecular flexibility index (Phi) is 5.24. The Labute approximate surface area is 141 Å². The van der Waals surface area contributed by atoms with E-state index in [0.29, 0.717) is 23.4 Å². The highest BCUT2D eigenvalue weighted by Gasteiger charge is 2.30. The molecule has 1 atom stereocenters. The third kappa shape index (κ3) is 4.32. The van der Waals surface area contributed by atoms with Gasteiger partial charge >= 0.3 is 0 Å². The second-order valence-corrected chi connectivity index (χ2v) is 6.38. The van der Waals surface area contributed by atoms with Crippen molar-refractivity contribution in [2.24, 2.45) is 0 Å². The number of nitrogens with one attached hydrogen (secondary N) is 1. The lowest BCUT2D eigenvalue weighted by atomic mass is 9.95. The average Bonchev–Trinajstić information content (AvgIpc) is 2.52. The quantitative estimate of drug-likeness (QED) is 0.736. The van der Waals surface area contributed by atoms with Gasteiger partial charge in [0.1, 0.15) is 11.4 Å². The summed E-state index contributed by atoms with van der Waals surface area (Å²) in [6.45, 7) is 4.99. The fraction of sp³-hybridized carbons (Fsp3) is 0.316. The molecule has 0 aliphatic carbocycles. The van der Waals surface area contributed by atoms with Gasteiger partial charge in [-0.05, 0) is 74.6 Å². The smallest absolute Gasteiger partial charge is 0.256 e. The number of rotatable bonds is 5. The third-order valence-electron chi connectivity index (χ3n) is 4.15. The zero-order valence-corrected chi connectivity index (χ0v) is 14.2. The molecule has 2 aromatic carbocycles. The van der Waals surface area contributed by atoms with Crippen molar-refractivity contribution in [1.29, 1.82) is 0 Å². The zero-order chi connectivity index (χ0) is 17.9. The van der Waals surface area contributed by atoms with Gasteiger partial charge in [0.05, 0.1) is 0 Å². The lowest BCUT2D eigenvalue weighted by Gasteiger charge is -2.22. The van der Waals surface area contributed by atoms with Crippen molar-refractivity contribution in [2.45, 2.75) is 39.2 Å². The minimum atomic E-state index is -1.56. The maximum absolute atomic E-state index is 13.6. The Morgan fingerprint density at radius 1 is 1.21 bits per heavy atom. The van der Waals surface area contributed by atoms with Crippen LogP contribution in [0.25, 0.3) is 0 Å². The van der Waals surface area contributed by atoms with Crippen molar-refractivity contribution < 1.29 is 14.3 Å². The first-order chi connectivity index (χ1) is 11.2. The minimum absolute atomic E-state index is 0.190. The van der Waals surface area contributed by atoms with Crippen LogP contribution in [0.2, 0.25) is 0 Å². The molecule has 2 aromatic rings. The molecule has 2 rings (SSSR count). The largest absolute Gasteiger partial charge is 0.399 e. The van der Waals surface area contributed by atoms with Crippen LogP contribution in [0.4, 0.5) is 15.8 Å². The number of hydrogen-bond donors (Lipinski definition) is 3. The number of hydrogen-bond acceptors (Lipinski definition) is 3. The van der Waals surface area contributed by atoms with Crippen LogP contribution in [0.3, 0.4) is 0 Å². The lowest BCUT2D eigenvalue weighted by Crippen LogP contribution is -2.40. The molecule has 0 bridgehead atoms. The zero-order valence-electron chi connectivity index (χ0n) is 14.2. The van der Waals surface area contributed by atoms with Crippen LogP contribution in [0.5, 0.6) is 0 Å². The molecule has 4 N–H and O–H groups in total. The van der Waals surface area contributed by atoms with E-state index in [1.54, 1.807) is 37.3 Å². The number of benzene rings is 2. The molecule has 24 heavy (non-hydrogen) atoms. The number of carbonyl (C=O) groups is 1. The van der Waals surface area contributed by atoms with Crippen LogP contribution in [0.15, 0.2) is 36.4 Å². The van der Waals surface area contributed by atoms with E-state index in [2.05, 4.69) is 5.32 Å². The van der Waals surface area contributed by atoms with Crippen LogP contribution < -0.4 is 11.1 Å². The predicted octanol–water partition coefficient (Wildman–Crippen LogP) is 3.35. The van der Waals surface area contributed by atoms with Crippen molar-refractivity contribution >= 4 is 17.3 Å². The van der Waals surface area contributed by atoms with Gasteiger partial charge in [-0.3, -0.25) is 4.79 Å². The molecule has 1 amide bonds. The van der Waals surface area contributed by atoms with Crippen LogP contribution in [0.1, 0.15) is 30.0 Å². The second kappa shape index (κ2) is 7.01. The topological polar surface area (TPSA) is 75.3 Å². The van der Waals surface area contributed by atoms with Gasteiger partial charge in [0.2, 0.25) is 0 Å². The van der Waals surface area contributed by atoms with E-state index in [4.69, 9.17) is 5.73 Å². The van der Waals surface area contributed by atoms with Gasteiger partial charge in [-0.2, -0.15) is 0 Å². The highest BCUT2D eigenvalue weighted by molar-refractivity contribution is 5.97. The van der Waals surface area contributed by atoms with Gasteiger partial charge < -0.3 is 16.2 Å². The SMILES string of the molecule is Cc1cc(NC(=O)[C@@](C)(O)CCc2ccc(C)c(F)c2)ccc1N. The average molecular weight is 330 g/mol. The van der Waals surface area contributed by atoms with E-state index in [1.807, 2.05) is 6.92 Å². The maximum atomic E-state index is 13.6. The molecule has 0 aliphatic rings. The molecule has 0 fully saturated rings. The maximum Gasteiger partial charge on any atom is 0.256 e. The third-order valence-corrected chi connectivity index (χ3v) is 4.15. The molecule has 0 radical (unpaired) electrons. The van der Waals surface area contributed by atoms with Gasteiger partial charge in [0.25, 0.3) is 5.91 Å². The van der Waals surface area contributed by atoms with Crippen LogP contribution in [-0.2, 0) is 11.2 Å². The highest BCUT2D eigenvalue weighted by atomic mass is 19.1. The normalized spacial score (nSPS) is 13.4. The molecular weight excluding hydrogens is 307 g/mol. The van der Waals surface area contributed by atoms with E-state index in [-0.39, 0.29) is 12.2 Å². The van der Waals surface area contributed by atoms with Crippen molar-refractivity contribution in [3.8, 4) is 0 Å². The number of carbonyl (C=O) groups excluding carboxylic acids is 1. The number of anilines is 2. The van der Waals surface area contributed by atoms with Crippen molar-refractivity contribution in [3.63, 3.8) is 0 Å².